The number of guanidine groups is 1. The molecule has 1 atom stereocenters. The molecule has 1 aliphatic heterocycles. The van der Waals surface area contributed by atoms with Crippen molar-refractivity contribution in [1.82, 2.24) is 15.5 Å². The van der Waals surface area contributed by atoms with Gasteiger partial charge in [-0.15, -0.1) is 35.3 Å². The summed E-state index contributed by atoms with van der Waals surface area (Å²) in [7, 11) is 1.85. The van der Waals surface area contributed by atoms with E-state index in [0.29, 0.717) is 0 Å². The Labute approximate surface area is 161 Å². The molecule has 130 valence electrons. The summed E-state index contributed by atoms with van der Waals surface area (Å²) in [6.45, 7) is 6.66. The number of aliphatic imine (C=N–C) groups is 1. The normalized spacial score (nSPS) is 22.0. The molecule has 0 bridgehead atoms. The molecule has 1 saturated carbocycles. The van der Waals surface area contributed by atoms with Crippen LogP contribution in [0.4, 0.5) is 0 Å². The minimum absolute atomic E-state index is 0. The van der Waals surface area contributed by atoms with Crippen molar-refractivity contribution >= 4 is 41.3 Å². The largest absolute Gasteiger partial charge is 0.356 e. The molecule has 2 aliphatic rings. The van der Waals surface area contributed by atoms with Crippen molar-refractivity contribution in [2.24, 2.45) is 10.9 Å². The molecule has 0 aromatic carbocycles. The summed E-state index contributed by atoms with van der Waals surface area (Å²) in [5.74, 6) is 1.70. The summed E-state index contributed by atoms with van der Waals surface area (Å²) in [5.41, 5.74) is 0. The number of nitrogens with zero attached hydrogens (tertiary/aromatic N) is 2. The molecule has 1 aliphatic carbocycles. The number of hydrogen-bond acceptors (Lipinski definition) is 3. The molecule has 0 radical (unpaired) electrons. The standard InChI is InChI=1S/C17H28N4S.HI/c1-3-15-6-7-16(22-15)11-20-17(18-2)19-10-13-8-9-21(12-13)14-4-5-14;/h6-7,13-14H,3-5,8-12H2,1-2H3,(H2,18,19,20);1H. The maximum atomic E-state index is 4.34. The van der Waals surface area contributed by atoms with Crippen molar-refractivity contribution in [3.63, 3.8) is 0 Å². The van der Waals surface area contributed by atoms with Crippen molar-refractivity contribution in [3.05, 3.63) is 21.9 Å². The lowest BCUT2D eigenvalue weighted by Crippen LogP contribution is -2.39. The van der Waals surface area contributed by atoms with Crippen LogP contribution in [0.15, 0.2) is 17.1 Å². The predicted octanol–water partition coefficient (Wildman–Crippen LogP) is 3.08. The highest BCUT2D eigenvalue weighted by molar-refractivity contribution is 14.0. The van der Waals surface area contributed by atoms with Gasteiger partial charge in [-0.1, -0.05) is 6.92 Å². The third-order valence-corrected chi connectivity index (χ3v) is 5.89. The molecule has 2 N–H and O–H groups in total. The molecule has 1 aromatic heterocycles. The summed E-state index contributed by atoms with van der Waals surface area (Å²) in [6, 6.07) is 5.35. The average Bonchev–Trinajstić information content (AvgIpc) is 3.11. The lowest BCUT2D eigenvalue weighted by molar-refractivity contribution is 0.314. The Balaban J connectivity index is 0.00000192. The van der Waals surface area contributed by atoms with E-state index in [1.807, 2.05) is 18.4 Å². The molecular weight excluding hydrogens is 419 g/mol. The summed E-state index contributed by atoms with van der Waals surface area (Å²) in [5, 5.41) is 6.93. The van der Waals surface area contributed by atoms with E-state index >= 15 is 0 Å². The maximum Gasteiger partial charge on any atom is 0.191 e. The number of rotatable bonds is 6. The van der Waals surface area contributed by atoms with E-state index in [0.717, 1.165) is 37.4 Å². The Hall–Kier alpha value is -0.340. The van der Waals surface area contributed by atoms with Gasteiger partial charge in [0.05, 0.1) is 6.54 Å². The zero-order valence-electron chi connectivity index (χ0n) is 14.2. The SMILES string of the molecule is CCc1ccc(CNC(=NC)NCC2CCN(C3CC3)C2)s1.I. The van der Waals surface area contributed by atoms with Gasteiger partial charge in [-0.25, -0.2) is 0 Å². The van der Waals surface area contributed by atoms with Crippen molar-refractivity contribution in [2.45, 2.75) is 45.2 Å². The second kappa shape index (κ2) is 9.22. The number of halogens is 1. The van der Waals surface area contributed by atoms with Crippen LogP contribution in [0.1, 0.15) is 35.9 Å². The van der Waals surface area contributed by atoms with Gasteiger partial charge >= 0.3 is 0 Å². The van der Waals surface area contributed by atoms with E-state index in [2.05, 4.69) is 39.6 Å². The smallest absolute Gasteiger partial charge is 0.191 e. The molecule has 1 saturated heterocycles. The second-order valence-electron chi connectivity index (χ2n) is 6.41. The number of likely N-dealkylation sites (tertiary alicyclic amines) is 1. The number of aryl methyl sites for hydroxylation is 1. The molecule has 23 heavy (non-hydrogen) atoms. The van der Waals surface area contributed by atoms with Crippen LogP contribution in [-0.2, 0) is 13.0 Å². The van der Waals surface area contributed by atoms with Crippen LogP contribution in [0.5, 0.6) is 0 Å². The average molecular weight is 448 g/mol. The summed E-state index contributed by atoms with van der Waals surface area (Å²) < 4.78 is 0. The van der Waals surface area contributed by atoms with Crippen molar-refractivity contribution < 1.29 is 0 Å². The van der Waals surface area contributed by atoms with Crippen LogP contribution in [0, 0.1) is 5.92 Å². The van der Waals surface area contributed by atoms with E-state index in [-0.39, 0.29) is 24.0 Å². The van der Waals surface area contributed by atoms with Crippen LogP contribution in [0.25, 0.3) is 0 Å². The van der Waals surface area contributed by atoms with Gasteiger partial charge in [0.25, 0.3) is 0 Å². The highest BCUT2D eigenvalue weighted by Gasteiger charge is 2.34. The maximum absolute atomic E-state index is 4.34. The summed E-state index contributed by atoms with van der Waals surface area (Å²) in [4.78, 5) is 9.84. The quantitative estimate of drug-likeness (QED) is 0.399. The van der Waals surface area contributed by atoms with Crippen molar-refractivity contribution in [2.75, 3.05) is 26.7 Å². The minimum atomic E-state index is 0. The van der Waals surface area contributed by atoms with E-state index in [1.54, 1.807) is 0 Å². The van der Waals surface area contributed by atoms with Gasteiger partial charge in [-0.2, -0.15) is 0 Å². The molecule has 2 fully saturated rings. The molecular formula is C17H29IN4S. The number of nitrogens with one attached hydrogen (secondary N) is 2. The van der Waals surface area contributed by atoms with Crippen LogP contribution >= 0.6 is 35.3 Å². The molecule has 2 heterocycles. The summed E-state index contributed by atoms with van der Waals surface area (Å²) >= 11 is 1.89. The topological polar surface area (TPSA) is 39.7 Å². The first kappa shape index (κ1) is 19.0. The fourth-order valence-electron chi connectivity index (χ4n) is 3.14. The van der Waals surface area contributed by atoms with Gasteiger partial charge < -0.3 is 15.5 Å². The van der Waals surface area contributed by atoms with E-state index in [9.17, 15) is 0 Å². The van der Waals surface area contributed by atoms with Gasteiger partial charge in [-0.3, -0.25) is 4.99 Å². The third kappa shape index (κ3) is 5.60. The molecule has 3 rings (SSSR count). The molecule has 0 spiro atoms. The van der Waals surface area contributed by atoms with E-state index < -0.39 is 0 Å². The third-order valence-electron chi connectivity index (χ3n) is 4.66. The highest BCUT2D eigenvalue weighted by Crippen LogP contribution is 2.31. The lowest BCUT2D eigenvalue weighted by atomic mass is 10.1. The Morgan fingerprint density at radius 3 is 2.70 bits per heavy atom. The zero-order chi connectivity index (χ0) is 15.4. The van der Waals surface area contributed by atoms with Crippen molar-refractivity contribution in [1.29, 1.82) is 0 Å². The van der Waals surface area contributed by atoms with E-state index in [1.165, 1.54) is 42.1 Å². The fraction of sp³-hybridized carbons (Fsp3) is 0.706. The monoisotopic (exact) mass is 448 g/mol. The van der Waals surface area contributed by atoms with Crippen LogP contribution in [0.3, 0.4) is 0 Å². The van der Waals surface area contributed by atoms with Gasteiger partial charge in [0, 0.05) is 35.9 Å². The fourth-order valence-corrected chi connectivity index (χ4v) is 4.04. The van der Waals surface area contributed by atoms with Crippen LogP contribution < -0.4 is 10.6 Å². The van der Waals surface area contributed by atoms with Gasteiger partial charge in [0.1, 0.15) is 0 Å². The number of hydrogen-bond donors (Lipinski definition) is 2. The highest BCUT2D eigenvalue weighted by atomic mass is 127. The first-order valence-electron chi connectivity index (χ1n) is 8.54. The van der Waals surface area contributed by atoms with Crippen molar-refractivity contribution in [3.8, 4) is 0 Å². The van der Waals surface area contributed by atoms with Gasteiger partial charge in [0.15, 0.2) is 5.96 Å². The van der Waals surface area contributed by atoms with Crippen LogP contribution in [0.2, 0.25) is 0 Å². The first-order valence-corrected chi connectivity index (χ1v) is 9.36. The Morgan fingerprint density at radius 2 is 2.04 bits per heavy atom. The van der Waals surface area contributed by atoms with Gasteiger partial charge in [0.2, 0.25) is 0 Å². The molecule has 4 nitrogen and oxygen atoms in total. The van der Waals surface area contributed by atoms with Crippen LogP contribution in [-0.4, -0.2) is 43.6 Å². The molecule has 6 heteroatoms. The van der Waals surface area contributed by atoms with E-state index in [4.69, 9.17) is 0 Å². The molecule has 1 aromatic rings. The lowest BCUT2D eigenvalue weighted by Gasteiger charge is -2.16. The first-order chi connectivity index (χ1) is 10.8. The molecule has 0 amide bonds. The minimum Gasteiger partial charge on any atom is -0.356 e. The summed E-state index contributed by atoms with van der Waals surface area (Å²) in [6.07, 6.45) is 5.29. The van der Waals surface area contributed by atoms with Gasteiger partial charge in [-0.05, 0) is 50.3 Å². The Bertz CT molecular complexity index is 512. The Kier molecular flexibility index (Phi) is 7.62. The predicted molar refractivity (Wildman–Crippen MR) is 110 cm³/mol. The second-order valence-corrected chi connectivity index (χ2v) is 7.66. The Morgan fingerprint density at radius 1 is 1.26 bits per heavy atom. The molecule has 1 unspecified atom stereocenters. The zero-order valence-corrected chi connectivity index (χ0v) is 17.3. The number of thiophene rings is 1.